The molecule has 0 aliphatic rings. The van der Waals surface area contributed by atoms with E-state index in [1.165, 1.54) is 12.1 Å². The molecule has 0 unspecified atom stereocenters. The zero-order valence-corrected chi connectivity index (χ0v) is 20.9. The molecule has 1 N–H and O–H groups in total. The molecule has 6 nitrogen and oxygen atoms in total. The minimum absolute atomic E-state index is 0.215. The Balaban J connectivity index is 1.80. The van der Waals surface area contributed by atoms with Crippen LogP contribution in [0.2, 0.25) is 0 Å². The van der Waals surface area contributed by atoms with E-state index in [-0.39, 0.29) is 6.42 Å². The Kier molecular flexibility index (Phi) is 9.06. The fraction of sp³-hybridized carbons (Fsp3) is 0.310. The molecule has 1 amide bonds. The van der Waals surface area contributed by atoms with Gasteiger partial charge in [-0.05, 0) is 51.0 Å². The minimum atomic E-state index is -0.990. The topological polar surface area (TPSA) is 73.9 Å². The van der Waals surface area contributed by atoms with E-state index in [1.807, 2.05) is 60.7 Å². The molecule has 3 aromatic rings. The summed E-state index contributed by atoms with van der Waals surface area (Å²) in [6, 6.07) is 23.3. The van der Waals surface area contributed by atoms with Gasteiger partial charge < -0.3 is 19.5 Å². The standard InChI is InChI=1S/C29H32FNO5/c1-20(26(22-14-9-6-10-15-22)35-24-17-11-16-23(30)19-24)34-27(32)25(18-21-12-7-5-8-13-21)31-28(33)36-29(2,3)4/h5-17,19-20,25-26H,18H2,1-4H3,(H,31,33)/t20-,25-,26-/m0/s1. The highest BCUT2D eigenvalue weighted by Crippen LogP contribution is 2.27. The second-order valence-electron chi connectivity index (χ2n) is 9.44. The molecule has 0 heterocycles. The van der Waals surface area contributed by atoms with Gasteiger partial charge in [0.1, 0.15) is 29.3 Å². The van der Waals surface area contributed by atoms with E-state index in [1.54, 1.807) is 39.8 Å². The first kappa shape index (κ1) is 26.7. The van der Waals surface area contributed by atoms with Crippen molar-refractivity contribution in [2.24, 2.45) is 0 Å². The van der Waals surface area contributed by atoms with Crippen molar-refractivity contribution >= 4 is 12.1 Å². The summed E-state index contributed by atoms with van der Waals surface area (Å²) in [7, 11) is 0. The maximum absolute atomic E-state index is 13.8. The third kappa shape index (κ3) is 8.41. The van der Waals surface area contributed by atoms with Gasteiger partial charge >= 0.3 is 12.1 Å². The van der Waals surface area contributed by atoms with Crippen LogP contribution >= 0.6 is 0 Å². The lowest BCUT2D eigenvalue weighted by atomic mass is 10.0. The number of ether oxygens (including phenoxy) is 3. The Morgan fingerprint density at radius 1 is 0.917 bits per heavy atom. The van der Waals surface area contributed by atoms with Crippen molar-refractivity contribution in [3.8, 4) is 5.75 Å². The average Bonchev–Trinajstić information content (AvgIpc) is 2.82. The summed E-state index contributed by atoms with van der Waals surface area (Å²) in [5.74, 6) is -0.770. The molecule has 190 valence electrons. The smallest absolute Gasteiger partial charge is 0.408 e. The van der Waals surface area contributed by atoms with Crippen LogP contribution in [0.25, 0.3) is 0 Å². The van der Waals surface area contributed by atoms with Crippen LogP contribution in [0.3, 0.4) is 0 Å². The van der Waals surface area contributed by atoms with E-state index in [2.05, 4.69) is 5.32 Å². The van der Waals surface area contributed by atoms with Crippen molar-refractivity contribution in [1.82, 2.24) is 5.32 Å². The van der Waals surface area contributed by atoms with Gasteiger partial charge in [-0.25, -0.2) is 14.0 Å². The van der Waals surface area contributed by atoms with E-state index in [9.17, 15) is 14.0 Å². The lowest BCUT2D eigenvalue weighted by molar-refractivity contribution is -0.155. The lowest BCUT2D eigenvalue weighted by Gasteiger charge is -2.28. The molecule has 0 bridgehead atoms. The third-order valence-electron chi connectivity index (χ3n) is 5.17. The SMILES string of the molecule is C[C@H](OC(=O)[C@H](Cc1ccccc1)NC(=O)OC(C)(C)C)[C@H](Oc1cccc(F)c1)c1ccccc1. The summed E-state index contributed by atoms with van der Waals surface area (Å²) < 4.78 is 31.0. The number of amides is 1. The van der Waals surface area contributed by atoms with Crippen molar-refractivity contribution in [2.75, 3.05) is 0 Å². The summed E-state index contributed by atoms with van der Waals surface area (Å²) in [5, 5.41) is 2.64. The molecule has 0 spiro atoms. The van der Waals surface area contributed by atoms with Crippen molar-refractivity contribution in [3.05, 3.63) is 102 Å². The molecule has 0 fully saturated rings. The van der Waals surface area contributed by atoms with E-state index < -0.39 is 41.7 Å². The molecular weight excluding hydrogens is 461 g/mol. The molecule has 0 aromatic heterocycles. The Morgan fingerprint density at radius 3 is 2.17 bits per heavy atom. The van der Waals surface area contributed by atoms with Crippen molar-refractivity contribution < 1.29 is 28.2 Å². The van der Waals surface area contributed by atoms with E-state index in [4.69, 9.17) is 14.2 Å². The molecule has 3 atom stereocenters. The second-order valence-corrected chi connectivity index (χ2v) is 9.44. The van der Waals surface area contributed by atoms with E-state index >= 15 is 0 Å². The highest BCUT2D eigenvalue weighted by molar-refractivity contribution is 5.82. The van der Waals surface area contributed by atoms with Crippen LogP contribution in [0.15, 0.2) is 84.9 Å². The summed E-state index contributed by atoms with van der Waals surface area (Å²) in [6.07, 6.45) is -1.98. The van der Waals surface area contributed by atoms with Crippen LogP contribution in [0.5, 0.6) is 5.75 Å². The van der Waals surface area contributed by atoms with Crippen LogP contribution < -0.4 is 10.1 Å². The van der Waals surface area contributed by atoms with Crippen LogP contribution in [-0.4, -0.2) is 29.8 Å². The first-order valence-corrected chi connectivity index (χ1v) is 11.8. The number of alkyl carbamates (subject to hydrolysis) is 1. The maximum Gasteiger partial charge on any atom is 0.408 e. The maximum atomic E-state index is 13.8. The molecule has 0 aliphatic heterocycles. The van der Waals surface area contributed by atoms with Crippen molar-refractivity contribution in [3.63, 3.8) is 0 Å². The number of hydrogen-bond donors (Lipinski definition) is 1. The molecule has 3 rings (SSSR count). The summed E-state index contributed by atoms with van der Waals surface area (Å²) in [4.78, 5) is 25.8. The molecule has 3 aromatic carbocycles. The van der Waals surface area contributed by atoms with Gasteiger partial charge in [-0.15, -0.1) is 0 Å². The van der Waals surface area contributed by atoms with Gasteiger partial charge in [-0.1, -0.05) is 66.7 Å². The Bertz CT molecular complexity index is 1130. The lowest BCUT2D eigenvalue weighted by Crippen LogP contribution is -2.46. The molecular formula is C29H32FNO5. The predicted molar refractivity (Wildman–Crippen MR) is 135 cm³/mol. The number of halogens is 1. The van der Waals surface area contributed by atoms with E-state index in [0.717, 1.165) is 11.1 Å². The van der Waals surface area contributed by atoms with Crippen LogP contribution in [0, 0.1) is 5.82 Å². The van der Waals surface area contributed by atoms with Gasteiger partial charge in [-0.3, -0.25) is 0 Å². The highest BCUT2D eigenvalue weighted by atomic mass is 19.1. The molecule has 0 saturated carbocycles. The fourth-order valence-corrected chi connectivity index (χ4v) is 3.58. The molecule has 7 heteroatoms. The number of esters is 1. The number of nitrogens with one attached hydrogen (secondary N) is 1. The number of carbonyl (C=O) groups excluding carboxylic acids is 2. The van der Waals surface area contributed by atoms with E-state index in [0.29, 0.717) is 5.75 Å². The van der Waals surface area contributed by atoms with Gasteiger partial charge in [0.25, 0.3) is 0 Å². The third-order valence-corrected chi connectivity index (χ3v) is 5.17. The normalized spacial score (nSPS) is 13.7. The quantitative estimate of drug-likeness (QED) is 0.369. The zero-order chi connectivity index (χ0) is 26.1. The van der Waals surface area contributed by atoms with Crippen LogP contribution in [0.1, 0.15) is 44.9 Å². The van der Waals surface area contributed by atoms with Crippen LogP contribution in [-0.2, 0) is 20.7 Å². The van der Waals surface area contributed by atoms with Crippen LogP contribution in [0.4, 0.5) is 9.18 Å². The van der Waals surface area contributed by atoms with Crippen molar-refractivity contribution in [2.45, 2.75) is 58.0 Å². The first-order valence-electron chi connectivity index (χ1n) is 11.8. The zero-order valence-electron chi connectivity index (χ0n) is 20.9. The minimum Gasteiger partial charge on any atom is -0.482 e. The average molecular weight is 494 g/mol. The van der Waals surface area contributed by atoms with Gasteiger partial charge in [0, 0.05) is 12.5 Å². The van der Waals surface area contributed by atoms with Gasteiger partial charge in [0.05, 0.1) is 0 Å². The molecule has 0 radical (unpaired) electrons. The largest absolute Gasteiger partial charge is 0.482 e. The molecule has 0 saturated heterocycles. The van der Waals surface area contributed by atoms with Gasteiger partial charge in [-0.2, -0.15) is 0 Å². The monoisotopic (exact) mass is 493 g/mol. The number of carbonyl (C=O) groups is 2. The molecule has 0 aliphatic carbocycles. The van der Waals surface area contributed by atoms with Gasteiger partial charge in [0.15, 0.2) is 6.10 Å². The fourth-order valence-electron chi connectivity index (χ4n) is 3.58. The van der Waals surface area contributed by atoms with Crippen molar-refractivity contribution in [1.29, 1.82) is 0 Å². The first-order chi connectivity index (χ1) is 17.1. The number of hydrogen-bond acceptors (Lipinski definition) is 5. The van der Waals surface area contributed by atoms with Gasteiger partial charge in [0.2, 0.25) is 0 Å². The predicted octanol–water partition coefficient (Wildman–Crippen LogP) is 6.01. The summed E-state index contributed by atoms with van der Waals surface area (Å²) in [5.41, 5.74) is 0.871. The Morgan fingerprint density at radius 2 is 1.56 bits per heavy atom. The number of benzene rings is 3. The molecule has 36 heavy (non-hydrogen) atoms. The summed E-state index contributed by atoms with van der Waals surface area (Å²) >= 11 is 0. The highest BCUT2D eigenvalue weighted by Gasteiger charge is 2.31. The Hall–Kier alpha value is -3.87. The number of rotatable bonds is 9. The Labute approximate surface area is 211 Å². The summed E-state index contributed by atoms with van der Waals surface area (Å²) in [6.45, 7) is 6.93. The second kappa shape index (κ2) is 12.2.